The molecule has 0 N–H and O–H groups in total. The molecular weight excluding hydrogens is 721 g/mol. The van der Waals surface area contributed by atoms with Crippen molar-refractivity contribution in [1.29, 1.82) is 0 Å². The predicted molar refractivity (Wildman–Crippen MR) is 240 cm³/mol. The van der Waals surface area contributed by atoms with Crippen LogP contribution in [-0.2, 0) is 0 Å². The molecule has 11 aromatic rings. The molecule has 5 nitrogen and oxygen atoms in total. The van der Waals surface area contributed by atoms with Crippen LogP contribution >= 0.6 is 0 Å². The van der Waals surface area contributed by atoms with Gasteiger partial charge in [-0.25, -0.2) is 19.9 Å². The van der Waals surface area contributed by atoms with Crippen molar-refractivity contribution in [3.8, 4) is 79.0 Å². The van der Waals surface area contributed by atoms with E-state index in [1.807, 2.05) is 66.7 Å². The number of benzene rings is 9. The Morgan fingerprint density at radius 1 is 0.288 bits per heavy atom. The van der Waals surface area contributed by atoms with Crippen LogP contribution in [0.4, 0.5) is 0 Å². The summed E-state index contributed by atoms with van der Waals surface area (Å²) in [6.07, 6.45) is 0. The van der Waals surface area contributed by atoms with Gasteiger partial charge in [0.1, 0.15) is 5.52 Å². The van der Waals surface area contributed by atoms with Crippen LogP contribution in [0.15, 0.2) is 211 Å². The van der Waals surface area contributed by atoms with E-state index >= 15 is 0 Å². The SMILES string of the molecule is c1ccc(-c2nc(-c3ccc(-c4ccc(-c5cccc6ccc7nc(-c8ccccc8)oc7c56)cc4)cc3)nc(-c3ccc(-c4cccc5ccccc45)cc3)n2)cc1. The number of oxazole rings is 1. The van der Waals surface area contributed by atoms with Gasteiger partial charge in [-0.1, -0.05) is 188 Å². The van der Waals surface area contributed by atoms with Crippen LogP contribution in [0.1, 0.15) is 0 Å². The Morgan fingerprint density at radius 2 is 0.746 bits per heavy atom. The predicted octanol–water partition coefficient (Wildman–Crippen LogP) is 14.0. The Kier molecular flexibility index (Phi) is 8.41. The topological polar surface area (TPSA) is 64.7 Å². The fourth-order valence-corrected chi connectivity index (χ4v) is 7.98. The maximum absolute atomic E-state index is 6.44. The Bertz CT molecular complexity index is 3280. The Balaban J connectivity index is 0.911. The highest BCUT2D eigenvalue weighted by atomic mass is 16.3. The van der Waals surface area contributed by atoms with E-state index in [0.29, 0.717) is 23.4 Å². The lowest BCUT2D eigenvalue weighted by Crippen LogP contribution is -2.00. The lowest BCUT2D eigenvalue weighted by molar-refractivity contribution is 0.623. The first-order chi connectivity index (χ1) is 29.2. The van der Waals surface area contributed by atoms with Gasteiger partial charge in [0.15, 0.2) is 23.1 Å². The fourth-order valence-electron chi connectivity index (χ4n) is 7.98. The fraction of sp³-hybridized carbons (Fsp3) is 0. The highest BCUT2D eigenvalue weighted by Crippen LogP contribution is 2.38. The minimum atomic E-state index is 0.623. The van der Waals surface area contributed by atoms with Crippen molar-refractivity contribution in [1.82, 2.24) is 19.9 Å². The first-order valence-corrected chi connectivity index (χ1v) is 19.7. The molecule has 0 saturated heterocycles. The molecule has 0 aliphatic heterocycles. The van der Waals surface area contributed by atoms with Gasteiger partial charge in [0.25, 0.3) is 0 Å². The first-order valence-electron chi connectivity index (χ1n) is 19.7. The third-order valence-electron chi connectivity index (χ3n) is 11.0. The summed E-state index contributed by atoms with van der Waals surface area (Å²) >= 11 is 0. The van der Waals surface area contributed by atoms with Crippen LogP contribution in [0, 0.1) is 0 Å². The second-order valence-electron chi connectivity index (χ2n) is 14.6. The summed E-state index contributed by atoms with van der Waals surface area (Å²) in [6.45, 7) is 0. The standard InChI is InChI=1S/C54H34N4O/c1-3-12-41(13-4-1)51-56-52(58-53(57-51)43-31-27-38(28-32-43)46-19-9-16-37-11-7-8-18-45(37)46)42-29-23-36(24-30-42)35-21-25-39(26-22-35)47-20-10-17-40-33-34-48-50(49(40)47)59-54(55-48)44-14-5-2-6-15-44/h1-34H. The summed E-state index contributed by atoms with van der Waals surface area (Å²) in [5, 5.41) is 4.62. The normalized spacial score (nSPS) is 11.4. The van der Waals surface area contributed by atoms with E-state index in [4.69, 9.17) is 24.4 Å². The summed E-state index contributed by atoms with van der Waals surface area (Å²) in [5.41, 5.74) is 12.2. The smallest absolute Gasteiger partial charge is 0.227 e. The van der Waals surface area contributed by atoms with Gasteiger partial charge < -0.3 is 4.42 Å². The van der Waals surface area contributed by atoms with Gasteiger partial charge in [0.05, 0.1) is 0 Å². The average molecular weight is 755 g/mol. The van der Waals surface area contributed by atoms with E-state index in [1.165, 1.54) is 16.3 Å². The van der Waals surface area contributed by atoms with Crippen LogP contribution < -0.4 is 0 Å². The van der Waals surface area contributed by atoms with Gasteiger partial charge in [0, 0.05) is 27.6 Å². The Labute approximate surface area is 341 Å². The lowest BCUT2D eigenvalue weighted by atomic mass is 9.95. The molecule has 2 heterocycles. The van der Waals surface area contributed by atoms with E-state index < -0.39 is 0 Å². The van der Waals surface area contributed by atoms with Gasteiger partial charge in [-0.05, 0) is 67.7 Å². The van der Waals surface area contributed by atoms with Gasteiger partial charge >= 0.3 is 0 Å². The molecule has 5 heteroatoms. The summed E-state index contributed by atoms with van der Waals surface area (Å²) < 4.78 is 6.44. The molecule has 0 amide bonds. The number of fused-ring (bicyclic) bond motifs is 4. The third kappa shape index (κ3) is 6.41. The van der Waals surface area contributed by atoms with Crippen LogP contribution in [0.3, 0.4) is 0 Å². The van der Waals surface area contributed by atoms with E-state index in [9.17, 15) is 0 Å². The van der Waals surface area contributed by atoms with Crippen molar-refractivity contribution in [3.63, 3.8) is 0 Å². The monoisotopic (exact) mass is 754 g/mol. The molecule has 0 aliphatic carbocycles. The second-order valence-corrected chi connectivity index (χ2v) is 14.6. The van der Waals surface area contributed by atoms with E-state index in [1.54, 1.807) is 0 Å². The zero-order chi connectivity index (χ0) is 39.1. The molecule has 11 rings (SSSR count). The van der Waals surface area contributed by atoms with Crippen LogP contribution in [-0.4, -0.2) is 19.9 Å². The Hall–Kier alpha value is -8.02. The zero-order valence-corrected chi connectivity index (χ0v) is 31.8. The highest BCUT2D eigenvalue weighted by Gasteiger charge is 2.16. The number of hydrogen-bond donors (Lipinski definition) is 0. The van der Waals surface area contributed by atoms with Crippen LogP contribution in [0.25, 0.3) is 112 Å². The minimum Gasteiger partial charge on any atom is -0.435 e. The molecule has 9 aromatic carbocycles. The first kappa shape index (κ1) is 34.2. The maximum atomic E-state index is 6.44. The highest BCUT2D eigenvalue weighted by molar-refractivity contribution is 6.11. The van der Waals surface area contributed by atoms with E-state index in [0.717, 1.165) is 71.9 Å². The quantitative estimate of drug-likeness (QED) is 0.162. The van der Waals surface area contributed by atoms with Gasteiger partial charge in [0.2, 0.25) is 5.89 Å². The zero-order valence-electron chi connectivity index (χ0n) is 31.8. The van der Waals surface area contributed by atoms with Crippen molar-refractivity contribution in [2.75, 3.05) is 0 Å². The molecule has 276 valence electrons. The molecule has 0 bridgehead atoms. The molecule has 0 radical (unpaired) electrons. The lowest BCUT2D eigenvalue weighted by Gasteiger charge is -2.11. The molecule has 0 fully saturated rings. The summed E-state index contributed by atoms with van der Waals surface area (Å²) in [5.74, 6) is 2.51. The van der Waals surface area contributed by atoms with Crippen molar-refractivity contribution in [2.45, 2.75) is 0 Å². The van der Waals surface area contributed by atoms with Gasteiger partial charge in [-0.15, -0.1) is 0 Å². The van der Waals surface area contributed by atoms with Crippen molar-refractivity contribution in [3.05, 3.63) is 206 Å². The Morgan fingerprint density at radius 3 is 1.37 bits per heavy atom. The molecule has 0 spiro atoms. The van der Waals surface area contributed by atoms with Crippen LogP contribution in [0.5, 0.6) is 0 Å². The number of rotatable bonds is 7. The maximum Gasteiger partial charge on any atom is 0.227 e. The third-order valence-corrected chi connectivity index (χ3v) is 11.0. The molecule has 0 aliphatic rings. The molecule has 2 aromatic heterocycles. The molecule has 0 saturated carbocycles. The second kappa shape index (κ2) is 14.5. The van der Waals surface area contributed by atoms with Gasteiger partial charge in [-0.2, -0.15) is 0 Å². The molecule has 0 unspecified atom stereocenters. The van der Waals surface area contributed by atoms with Crippen LogP contribution in [0.2, 0.25) is 0 Å². The van der Waals surface area contributed by atoms with Crippen molar-refractivity contribution < 1.29 is 4.42 Å². The minimum absolute atomic E-state index is 0.623. The molecule has 59 heavy (non-hydrogen) atoms. The average Bonchev–Trinajstić information content (AvgIpc) is 3.77. The summed E-state index contributed by atoms with van der Waals surface area (Å²) in [6, 6.07) is 71.3. The number of aromatic nitrogens is 4. The van der Waals surface area contributed by atoms with Crippen molar-refractivity contribution >= 4 is 32.6 Å². The summed E-state index contributed by atoms with van der Waals surface area (Å²) in [4.78, 5) is 19.8. The van der Waals surface area contributed by atoms with E-state index in [-0.39, 0.29) is 0 Å². The van der Waals surface area contributed by atoms with E-state index in [2.05, 4.69) is 140 Å². The van der Waals surface area contributed by atoms with Gasteiger partial charge in [-0.3, -0.25) is 0 Å². The van der Waals surface area contributed by atoms with Crippen molar-refractivity contribution in [2.24, 2.45) is 0 Å². The summed E-state index contributed by atoms with van der Waals surface area (Å²) in [7, 11) is 0. The molecular formula is C54H34N4O. The number of nitrogens with zero attached hydrogens (tertiary/aromatic N) is 4. The largest absolute Gasteiger partial charge is 0.435 e. The number of hydrogen-bond acceptors (Lipinski definition) is 5. The molecule has 0 atom stereocenters.